The lowest BCUT2D eigenvalue weighted by molar-refractivity contribution is 0.0792. The van der Waals surface area contributed by atoms with Crippen LogP contribution in [-0.4, -0.2) is 42.8 Å². The van der Waals surface area contributed by atoms with Crippen LogP contribution < -0.4 is 0 Å². The third-order valence-electron chi connectivity index (χ3n) is 4.77. The van der Waals surface area contributed by atoms with Gasteiger partial charge in [-0.2, -0.15) is 5.10 Å². The van der Waals surface area contributed by atoms with Gasteiger partial charge in [-0.1, -0.05) is 31.4 Å². The Morgan fingerprint density at radius 3 is 2.50 bits per heavy atom. The molecule has 3 rings (SSSR count). The molecule has 1 N–H and O–H groups in total. The molecule has 0 unspecified atom stereocenters. The first-order valence-corrected chi connectivity index (χ1v) is 11.0. The number of rotatable bonds is 7. The first-order chi connectivity index (χ1) is 12.5. The summed E-state index contributed by atoms with van der Waals surface area (Å²) >= 11 is 0. The third kappa shape index (κ3) is 4.52. The predicted molar refractivity (Wildman–Crippen MR) is 99.6 cm³/mol. The minimum absolute atomic E-state index is 0.0108. The van der Waals surface area contributed by atoms with Crippen LogP contribution in [0.2, 0.25) is 0 Å². The van der Waals surface area contributed by atoms with E-state index in [9.17, 15) is 8.42 Å². The molecule has 0 atom stereocenters. The minimum Gasteiger partial charge on any atom is -0.394 e. The molecular weight excluding hydrogens is 352 g/mol. The van der Waals surface area contributed by atoms with Gasteiger partial charge in [-0.05, 0) is 36.6 Å². The van der Waals surface area contributed by atoms with E-state index < -0.39 is 9.84 Å². The van der Waals surface area contributed by atoms with Crippen molar-refractivity contribution in [1.29, 1.82) is 0 Å². The smallest absolute Gasteiger partial charge is 0.175 e. The number of nitrogens with zero attached hydrogens (tertiary/aromatic N) is 2. The molecule has 0 spiro atoms. The maximum absolute atomic E-state index is 11.7. The van der Waals surface area contributed by atoms with Crippen LogP contribution >= 0.6 is 0 Å². The van der Waals surface area contributed by atoms with Gasteiger partial charge in [-0.3, -0.25) is 4.68 Å². The molecule has 1 aliphatic carbocycles. The molecule has 0 aliphatic heterocycles. The monoisotopic (exact) mass is 378 g/mol. The molecule has 142 valence electrons. The Kier molecular flexibility index (Phi) is 6.11. The summed E-state index contributed by atoms with van der Waals surface area (Å²) in [6.07, 6.45) is 7.09. The Morgan fingerprint density at radius 2 is 1.88 bits per heavy atom. The van der Waals surface area contributed by atoms with Crippen molar-refractivity contribution in [3.05, 3.63) is 36.0 Å². The molecule has 1 aliphatic rings. The van der Waals surface area contributed by atoms with Gasteiger partial charge < -0.3 is 9.84 Å². The summed E-state index contributed by atoms with van der Waals surface area (Å²) in [4.78, 5) is 0.316. The van der Waals surface area contributed by atoms with Crippen LogP contribution in [0.25, 0.3) is 11.3 Å². The molecule has 2 aromatic rings. The maximum Gasteiger partial charge on any atom is 0.175 e. The second-order valence-corrected chi connectivity index (χ2v) is 8.85. The maximum atomic E-state index is 11.7. The van der Waals surface area contributed by atoms with Gasteiger partial charge in [0, 0.05) is 6.26 Å². The average molecular weight is 378 g/mol. The second-order valence-electron chi connectivity index (χ2n) is 6.83. The van der Waals surface area contributed by atoms with Gasteiger partial charge in [0.2, 0.25) is 0 Å². The highest BCUT2D eigenvalue weighted by atomic mass is 32.2. The molecule has 1 aromatic heterocycles. The van der Waals surface area contributed by atoms with E-state index in [1.54, 1.807) is 12.1 Å². The number of sulfone groups is 1. The Hall–Kier alpha value is -1.70. The number of aliphatic hydroxyl groups excluding tert-OH is 1. The lowest BCUT2D eigenvalue weighted by atomic mass is 9.95. The summed E-state index contributed by atoms with van der Waals surface area (Å²) in [6.45, 7) is 0.631. The van der Waals surface area contributed by atoms with E-state index in [1.807, 2.05) is 18.2 Å². The fourth-order valence-electron chi connectivity index (χ4n) is 3.45. The number of hydrogen-bond acceptors (Lipinski definition) is 5. The van der Waals surface area contributed by atoms with Gasteiger partial charge in [-0.15, -0.1) is 0 Å². The van der Waals surface area contributed by atoms with Crippen LogP contribution in [0.3, 0.4) is 0 Å². The van der Waals surface area contributed by atoms with Crippen LogP contribution in [0.1, 0.15) is 43.8 Å². The summed E-state index contributed by atoms with van der Waals surface area (Å²) < 4.78 is 30.9. The van der Waals surface area contributed by atoms with Gasteiger partial charge in [-0.25, -0.2) is 8.42 Å². The number of aliphatic hydroxyl groups is 1. The molecule has 0 saturated heterocycles. The quantitative estimate of drug-likeness (QED) is 0.749. The topological polar surface area (TPSA) is 81.4 Å². The van der Waals surface area contributed by atoms with Crippen molar-refractivity contribution in [2.24, 2.45) is 0 Å². The Labute approximate surface area is 154 Å². The fourth-order valence-corrected chi connectivity index (χ4v) is 4.08. The predicted octanol–water partition coefficient (Wildman–Crippen LogP) is 2.97. The zero-order chi connectivity index (χ0) is 18.6. The van der Waals surface area contributed by atoms with Gasteiger partial charge >= 0.3 is 0 Å². The summed E-state index contributed by atoms with van der Waals surface area (Å²) in [5.74, 6) is 0. The van der Waals surface area contributed by atoms with E-state index in [2.05, 4.69) is 4.68 Å². The van der Waals surface area contributed by atoms with Crippen molar-refractivity contribution in [2.45, 2.75) is 49.6 Å². The van der Waals surface area contributed by atoms with E-state index in [4.69, 9.17) is 14.9 Å². The Balaban J connectivity index is 1.92. The summed E-state index contributed by atoms with van der Waals surface area (Å²) in [6, 6.07) is 9.33. The van der Waals surface area contributed by atoms with E-state index in [0.29, 0.717) is 17.5 Å². The summed E-state index contributed by atoms with van der Waals surface area (Å²) in [5, 5.41) is 13.6. The first-order valence-electron chi connectivity index (χ1n) is 9.06. The minimum atomic E-state index is -3.21. The molecule has 0 amide bonds. The van der Waals surface area contributed by atoms with Crippen molar-refractivity contribution >= 4 is 9.84 Å². The van der Waals surface area contributed by atoms with Crippen molar-refractivity contribution < 1.29 is 18.3 Å². The second kappa shape index (κ2) is 8.33. The van der Waals surface area contributed by atoms with Crippen LogP contribution in [0, 0.1) is 0 Å². The number of benzene rings is 1. The zero-order valence-corrected chi connectivity index (χ0v) is 15.9. The highest BCUT2D eigenvalue weighted by Crippen LogP contribution is 2.33. The summed E-state index contributed by atoms with van der Waals surface area (Å²) in [5.41, 5.74) is 2.76. The Bertz CT molecular complexity index is 822. The lowest BCUT2D eigenvalue weighted by Gasteiger charge is -2.24. The number of hydrogen-bond donors (Lipinski definition) is 1. The van der Waals surface area contributed by atoms with Crippen molar-refractivity contribution in [2.75, 3.05) is 19.5 Å². The summed E-state index contributed by atoms with van der Waals surface area (Å²) in [7, 11) is -3.21. The zero-order valence-electron chi connectivity index (χ0n) is 15.1. The van der Waals surface area contributed by atoms with Crippen molar-refractivity contribution in [1.82, 2.24) is 9.78 Å². The SMILES string of the molecule is CS(=O)(=O)c1ccc(-c2cc(COCCO)nn2C2CCCCC2)cc1. The van der Waals surface area contributed by atoms with Crippen LogP contribution in [0.5, 0.6) is 0 Å². The highest BCUT2D eigenvalue weighted by molar-refractivity contribution is 7.90. The molecule has 6 nitrogen and oxygen atoms in total. The van der Waals surface area contributed by atoms with Crippen LogP contribution in [0.15, 0.2) is 35.2 Å². The molecule has 26 heavy (non-hydrogen) atoms. The number of aromatic nitrogens is 2. The molecular formula is C19H26N2O4S. The normalized spacial score (nSPS) is 16.1. The van der Waals surface area contributed by atoms with Gasteiger partial charge in [0.25, 0.3) is 0 Å². The Morgan fingerprint density at radius 1 is 1.19 bits per heavy atom. The largest absolute Gasteiger partial charge is 0.394 e. The van der Waals surface area contributed by atoms with Crippen molar-refractivity contribution in [3.63, 3.8) is 0 Å². The van der Waals surface area contributed by atoms with Crippen LogP contribution in [-0.2, 0) is 21.2 Å². The fraction of sp³-hybridized carbons (Fsp3) is 0.526. The van der Waals surface area contributed by atoms with Gasteiger partial charge in [0.05, 0.1) is 42.1 Å². The molecule has 0 bridgehead atoms. The lowest BCUT2D eigenvalue weighted by Crippen LogP contribution is -2.15. The molecule has 1 heterocycles. The van der Waals surface area contributed by atoms with Gasteiger partial charge in [0.15, 0.2) is 9.84 Å². The molecule has 7 heteroatoms. The molecule has 1 fully saturated rings. The third-order valence-corrected chi connectivity index (χ3v) is 5.90. The van der Waals surface area contributed by atoms with Crippen LogP contribution in [0.4, 0.5) is 0 Å². The van der Waals surface area contributed by atoms with Crippen molar-refractivity contribution in [3.8, 4) is 11.3 Å². The standard InChI is InChI=1S/C19H26N2O4S/c1-26(23,24)18-9-7-15(8-10-18)19-13-16(14-25-12-11-22)20-21(19)17-5-3-2-4-6-17/h7-10,13,17,22H,2-6,11-12,14H2,1H3. The van der Waals surface area contributed by atoms with E-state index in [0.717, 1.165) is 29.8 Å². The average Bonchev–Trinajstić information content (AvgIpc) is 3.06. The molecule has 0 radical (unpaired) electrons. The first kappa shape index (κ1) is 19.1. The van der Waals surface area contributed by atoms with Gasteiger partial charge in [0.1, 0.15) is 0 Å². The van der Waals surface area contributed by atoms with E-state index in [-0.39, 0.29) is 13.2 Å². The number of ether oxygens (including phenoxy) is 1. The molecule has 1 aromatic carbocycles. The van der Waals surface area contributed by atoms with E-state index in [1.165, 1.54) is 25.5 Å². The highest BCUT2D eigenvalue weighted by Gasteiger charge is 2.21. The molecule has 1 saturated carbocycles. The van der Waals surface area contributed by atoms with E-state index >= 15 is 0 Å².